The molecule has 0 aliphatic heterocycles. The molecule has 0 radical (unpaired) electrons. The molecule has 13 heavy (non-hydrogen) atoms. The first-order valence-electron chi connectivity index (χ1n) is 3.58. The van der Waals surface area contributed by atoms with E-state index in [1.807, 2.05) is 0 Å². The van der Waals surface area contributed by atoms with Crippen molar-refractivity contribution in [1.29, 1.82) is 0 Å². The van der Waals surface area contributed by atoms with Crippen molar-refractivity contribution < 1.29 is 19.0 Å². The maximum atomic E-state index is 12.1. The molecule has 0 aliphatic carbocycles. The van der Waals surface area contributed by atoms with Gasteiger partial charge in [-0.15, -0.1) is 0 Å². The molecule has 1 unspecified atom stereocenters. The Morgan fingerprint density at radius 1 is 1.23 bits per heavy atom. The van der Waals surface area contributed by atoms with E-state index in [4.69, 9.17) is 15.9 Å². The quantitative estimate of drug-likeness (QED) is 0.615. The second-order valence-electron chi connectivity index (χ2n) is 2.60. The zero-order chi connectivity index (χ0) is 10.0. The standard InChI is InChI=1S/C8H9F2NO2/c9-8(10)7(11)5-3-4(12)1-2-6(5)13/h1-3,7-8,12-13H,11H2. The van der Waals surface area contributed by atoms with Crippen molar-refractivity contribution in [2.24, 2.45) is 5.73 Å². The Bertz CT molecular complexity index is 304. The lowest BCUT2D eigenvalue weighted by molar-refractivity contribution is 0.115. The van der Waals surface area contributed by atoms with E-state index in [-0.39, 0.29) is 17.1 Å². The van der Waals surface area contributed by atoms with E-state index in [0.717, 1.165) is 12.1 Å². The van der Waals surface area contributed by atoms with Crippen molar-refractivity contribution >= 4 is 0 Å². The highest BCUT2D eigenvalue weighted by Crippen LogP contribution is 2.29. The highest BCUT2D eigenvalue weighted by molar-refractivity contribution is 5.40. The van der Waals surface area contributed by atoms with Crippen LogP contribution in [0.5, 0.6) is 11.5 Å². The van der Waals surface area contributed by atoms with Crippen LogP contribution in [0, 0.1) is 0 Å². The predicted molar refractivity (Wildman–Crippen MR) is 42.7 cm³/mol. The topological polar surface area (TPSA) is 66.5 Å². The summed E-state index contributed by atoms with van der Waals surface area (Å²) in [6.45, 7) is 0. The van der Waals surface area contributed by atoms with Gasteiger partial charge in [-0.2, -0.15) is 0 Å². The number of rotatable bonds is 2. The lowest BCUT2D eigenvalue weighted by atomic mass is 10.1. The summed E-state index contributed by atoms with van der Waals surface area (Å²) in [6, 6.07) is 1.75. The van der Waals surface area contributed by atoms with Crippen molar-refractivity contribution in [3.8, 4) is 11.5 Å². The average Bonchev–Trinajstić information content (AvgIpc) is 2.08. The van der Waals surface area contributed by atoms with Gasteiger partial charge in [0.2, 0.25) is 0 Å². The van der Waals surface area contributed by atoms with E-state index in [1.165, 1.54) is 6.07 Å². The Balaban J connectivity index is 3.05. The number of alkyl halides is 2. The van der Waals surface area contributed by atoms with Crippen LogP contribution in [-0.4, -0.2) is 16.6 Å². The fourth-order valence-corrected chi connectivity index (χ4v) is 0.945. The Labute approximate surface area is 73.4 Å². The van der Waals surface area contributed by atoms with Gasteiger partial charge in [0.15, 0.2) is 0 Å². The second kappa shape index (κ2) is 3.57. The third kappa shape index (κ3) is 2.06. The molecule has 1 aromatic rings. The molecule has 5 heteroatoms. The maximum absolute atomic E-state index is 12.1. The van der Waals surface area contributed by atoms with Crippen molar-refractivity contribution in [2.75, 3.05) is 0 Å². The SMILES string of the molecule is NC(c1cc(O)ccc1O)C(F)F. The number of hydrogen-bond donors (Lipinski definition) is 3. The molecule has 0 fully saturated rings. The highest BCUT2D eigenvalue weighted by Gasteiger charge is 2.20. The molecule has 3 nitrogen and oxygen atoms in total. The molecule has 0 saturated carbocycles. The summed E-state index contributed by atoms with van der Waals surface area (Å²) in [7, 11) is 0. The minimum atomic E-state index is -2.77. The van der Waals surface area contributed by atoms with Gasteiger partial charge < -0.3 is 15.9 Å². The van der Waals surface area contributed by atoms with Crippen LogP contribution in [0.2, 0.25) is 0 Å². The summed E-state index contributed by atoms with van der Waals surface area (Å²) in [6.07, 6.45) is -2.77. The van der Waals surface area contributed by atoms with Gasteiger partial charge in [0.25, 0.3) is 6.43 Å². The Kier molecular flexibility index (Phi) is 2.67. The van der Waals surface area contributed by atoms with E-state index in [2.05, 4.69) is 0 Å². The molecule has 1 atom stereocenters. The average molecular weight is 189 g/mol. The molecule has 72 valence electrons. The van der Waals surface area contributed by atoms with E-state index >= 15 is 0 Å². The molecular formula is C8H9F2NO2. The number of phenols is 2. The van der Waals surface area contributed by atoms with Crippen molar-refractivity contribution in [3.63, 3.8) is 0 Å². The summed E-state index contributed by atoms with van der Waals surface area (Å²) in [5, 5.41) is 18.1. The van der Waals surface area contributed by atoms with E-state index in [9.17, 15) is 8.78 Å². The van der Waals surface area contributed by atoms with Gasteiger partial charge in [-0.3, -0.25) is 0 Å². The van der Waals surface area contributed by atoms with Crippen molar-refractivity contribution in [1.82, 2.24) is 0 Å². The predicted octanol–water partition coefficient (Wildman–Crippen LogP) is 1.36. The Hall–Kier alpha value is -1.36. The molecule has 0 amide bonds. The Morgan fingerprint density at radius 2 is 1.85 bits per heavy atom. The summed E-state index contributed by atoms with van der Waals surface area (Å²) in [4.78, 5) is 0. The zero-order valence-electron chi connectivity index (χ0n) is 6.61. The van der Waals surface area contributed by atoms with Crippen LogP contribution in [0.25, 0.3) is 0 Å². The molecule has 0 aromatic heterocycles. The molecule has 1 aromatic carbocycles. The number of benzene rings is 1. The number of hydrogen-bond acceptors (Lipinski definition) is 3. The van der Waals surface area contributed by atoms with Gasteiger partial charge in [0, 0.05) is 5.56 Å². The summed E-state index contributed by atoms with van der Waals surface area (Å²) in [5.41, 5.74) is 4.93. The number of nitrogens with two attached hydrogens (primary N) is 1. The van der Waals surface area contributed by atoms with Crippen molar-refractivity contribution in [2.45, 2.75) is 12.5 Å². The fraction of sp³-hybridized carbons (Fsp3) is 0.250. The molecule has 0 bridgehead atoms. The van der Waals surface area contributed by atoms with Gasteiger partial charge in [0.05, 0.1) is 6.04 Å². The van der Waals surface area contributed by atoms with Crippen LogP contribution >= 0.6 is 0 Å². The third-order valence-corrected chi connectivity index (χ3v) is 1.64. The first-order chi connectivity index (χ1) is 6.02. The van der Waals surface area contributed by atoms with E-state index < -0.39 is 12.5 Å². The van der Waals surface area contributed by atoms with Crippen LogP contribution in [0.3, 0.4) is 0 Å². The van der Waals surface area contributed by atoms with Gasteiger partial charge in [-0.05, 0) is 18.2 Å². The number of halogens is 2. The molecule has 0 heterocycles. The first kappa shape index (κ1) is 9.73. The minimum absolute atomic E-state index is 0.157. The molecule has 0 spiro atoms. The first-order valence-corrected chi connectivity index (χ1v) is 3.58. The van der Waals surface area contributed by atoms with Gasteiger partial charge in [0.1, 0.15) is 11.5 Å². The number of phenolic OH excluding ortho intramolecular Hbond substituents is 2. The summed E-state index contributed by atoms with van der Waals surface area (Å²) >= 11 is 0. The van der Waals surface area contributed by atoms with Crippen LogP contribution in [0.15, 0.2) is 18.2 Å². The smallest absolute Gasteiger partial charge is 0.257 e. The van der Waals surface area contributed by atoms with Gasteiger partial charge in [-0.25, -0.2) is 8.78 Å². The van der Waals surface area contributed by atoms with E-state index in [0.29, 0.717) is 0 Å². The second-order valence-corrected chi connectivity index (χ2v) is 2.60. The normalized spacial score (nSPS) is 13.2. The lowest BCUT2D eigenvalue weighted by Crippen LogP contribution is -2.18. The van der Waals surface area contributed by atoms with Crippen molar-refractivity contribution in [3.05, 3.63) is 23.8 Å². The molecule has 0 saturated heterocycles. The monoisotopic (exact) mass is 189 g/mol. The number of aromatic hydroxyl groups is 2. The maximum Gasteiger partial charge on any atom is 0.257 e. The third-order valence-electron chi connectivity index (χ3n) is 1.64. The van der Waals surface area contributed by atoms with Gasteiger partial charge in [-0.1, -0.05) is 0 Å². The molecular weight excluding hydrogens is 180 g/mol. The Morgan fingerprint density at radius 3 is 2.38 bits per heavy atom. The van der Waals surface area contributed by atoms with Crippen LogP contribution in [-0.2, 0) is 0 Å². The van der Waals surface area contributed by atoms with Crippen LogP contribution < -0.4 is 5.73 Å². The summed E-state index contributed by atoms with van der Waals surface area (Å²) < 4.78 is 24.2. The largest absolute Gasteiger partial charge is 0.508 e. The highest BCUT2D eigenvalue weighted by atomic mass is 19.3. The van der Waals surface area contributed by atoms with Crippen LogP contribution in [0.1, 0.15) is 11.6 Å². The molecule has 1 rings (SSSR count). The lowest BCUT2D eigenvalue weighted by Gasteiger charge is -2.12. The molecule has 0 aliphatic rings. The molecule has 4 N–H and O–H groups in total. The minimum Gasteiger partial charge on any atom is -0.508 e. The zero-order valence-corrected chi connectivity index (χ0v) is 6.61. The fourth-order valence-electron chi connectivity index (χ4n) is 0.945. The summed E-state index contributed by atoms with van der Waals surface area (Å²) in [5.74, 6) is -0.547. The van der Waals surface area contributed by atoms with Crippen LogP contribution in [0.4, 0.5) is 8.78 Å². The van der Waals surface area contributed by atoms with Gasteiger partial charge >= 0.3 is 0 Å². The van der Waals surface area contributed by atoms with E-state index in [1.54, 1.807) is 0 Å².